The molecule has 1 fully saturated rings. The van der Waals surface area contributed by atoms with Crippen LogP contribution in [0, 0.1) is 5.82 Å². The van der Waals surface area contributed by atoms with Crippen LogP contribution in [0.5, 0.6) is 0 Å². The van der Waals surface area contributed by atoms with E-state index in [4.69, 9.17) is 0 Å². The van der Waals surface area contributed by atoms with E-state index >= 15 is 0 Å². The van der Waals surface area contributed by atoms with Gasteiger partial charge in [-0.15, -0.1) is 11.3 Å². The standard InChI is InChI=1S/C15H16FNO2S2/c16-14-4-3-11(8-13(14)15-2-1-6-20-15)9-17-12-5-7-21(18,19)10-12/h1-4,6,8,12,17H,5,7,9-10H2/t12-/m0/s1. The van der Waals surface area contributed by atoms with Gasteiger partial charge in [-0.05, 0) is 35.6 Å². The maximum Gasteiger partial charge on any atom is 0.151 e. The van der Waals surface area contributed by atoms with Crippen molar-refractivity contribution in [2.45, 2.75) is 19.0 Å². The fourth-order valence-corrected chi connectivity index (χ4v) is 4.97. The van der Waals surface area contributed by atoms with Crippen LogP contribution in [0.3, 0.4) is 0 Å². The second kappa shape index (κ2) is 5.87. The molecule has 0 radical (unpaired) electrons. The number of sulfone groups is 1. The molecule has 112 valence electrons. The SMILES string of the molecule is O=S1(=O)CC[C@H](NCc2ccc(F)c(-c3cccs3)c2)C1. The van der Waals surface area contributed by atoms with Gasteiger partial charge in [-0.2, -0.15) is 0 Å². The summed E-state index contributed by atoms with van der Waals surface area (Å²) in [5.74, 6) is 0.227. The molecule has 1 aliphatic rings. The molecular formula is C15H16FNO2S2. The average Bonchev–Trinajstić information content (AvgIpc) is 3.07. The summed E-state index contributed by atoms with van der Waals surface area (Å²) < 4.78 is 36.7. The van der Waals surface area contributed by atoms with Crippen molar-refractivity contribution in [3.63, 3.8) is 0 Å². The van der Waals surface area contributed by atoms with E-state index in [-0.39, 0.29) is 23.4 Å². The highest BCUT2D eigenvalue weighted by Gasteiger charge is 2.27. The molecule has 1 atom stereocenters. The first-order valence-electron chi connectivity index (χ1n) is 6.80. The van der Waals surface area contributed by atoms with Crippen molar-refractivity contribution in [3.8, 4) is 10.4 Å². The minimum atomic E-state index is -2.87. The zero-order valence-corrected chi connectivity index (χ0v) is 13.0. The van der Waals surface area contributed by atoms with E-state index in [1.807, 2.05) is 23.6 Å². The van der Waals surface area contributed by atoms with Gasteiger partial charge in [0.2, 0.25) is 0 Å². The van der Waals surface area contributed by atoms with Crippen LogP contribution < -0.4 is 5.32 Å². The smallest absolute Gasteiger partial charge is 0.151 e. The molecule has 0 aliphatic carbocycles. The van der Waals surface area contributed by atoms with Gasteiger partial charge in [0, 0.05) is 23.0 Å². The van der Waals surface area contributed by atoms with Gasteiger partial charge in [0.15, 0.2) is 9.84 Å². The van der Waals surface area contributed by atoms with Crippen LogP contribution in [0.4, 0.5) is 4.39 Å². The highest BCUT2D eigenvalue weighted by Crippen LogP contribution is 2.28. The number of rotatable bonds is 4. The minimum absolute atomic E-state index is 0.00485. The minimum Gasteiger partial charge on any atom is -0.309 e. The predicted octanol–water partition coefficient (Wildman–Crippen LogP) is 2.83. The maximum absolute atomic E-state index is 13.9. The van der Waals surface area contributed by atoms with E-state index in [0.717, 1.165) is 10.4 Å². The maximum atomic E-state index is 13.9. The summed E-state index contributed by atoms with van der Waals surface area (Å²) in [6.07, 6.45) is 0.654. The molecule has 1 aliphatic heterocycles. The Hall–Kier alpha value is -1.24. The molecule has 21 heavy (non-hydrogen) atoms. The van der Waals surface area contributed by atoms with Gasteiger partial charge < -0.3 is 5.32 Å². The van der Waals surface area contributed by atoms with Crippen LogP contribution in [0.1, 0.15) is 12.0 Å². The summed E-state index contributed by atoms with van der Waals surface area (Å²) in [6, 6.07) is 8.83. The Morgan fingerprint density at radius 3 is 2.86 bits per heavy atom. The average molecular weight is 325 g/mol. The Labute approximate surface area is 127 Å². The number of thiophene rings is 1. The lowest BCUT2D eigenvalue weighted by Gasteiger charge is -2.11. The number of hydrogen-bond acceptors (Lipinski definition) is 4. The summed E-state index contributed by atoms with van der Waals surface area (Å²) in [7, 11) is -2.87. The second-order valence-electron chi connectivity index (χ2n) is 5.27. The lowest BCUT2D eigenvalue weighted by Crippen LogP contribution is -2.29. The van der Waals surface area contributed by atoms with E-state index in [9.17, 15) is 12.8 Å². The summed E-state index contributed by atoms with van der Waals surface area (Å²) in [4.78, 5) is 0.901. The molecule has 0 saturated carbocycles. The van der Waals surface area contributed by atoms with Gasteiger partial charge in [0.1, 0.15) is 5.82 Å². The van der Waals surface area contributed by atoms with Crippen LogP contribution in [0.25, 0.3) is 10.4 Å². The highest BCUT2D eigenvalue weighted by atomic mass is 32.2. The second-order valence-corrected chi connectivity index (χ2v) is 8.45. The predicted molar refractivity (Wildman–Crippen MR) is 83.6 cm³/mol. The third-order valence-corrected chi connectivity index (χ3v) is 6.32. The summed E-state index contributed by atoms with van der Waals surface area (Å²) >= 11 is 1.50. The molecular weight excluding hydrogens is 309 g/mol. The van der Waals surface area contributed by atoms with Gasteiger partial charge in [-0.3, -0.25) is 0 Å². The molecule has 3 rings (SSSR count). The Morgan fingerprint density at radius 1 is 1.33 bits per heavy atom. The van der Waals surface area contributed by atoms with Crippen LogP contribution in [0.15, 0.2) is 35.7 Å². The molecule has 0 spiro atoms. The number of halogens is 1. The van der Waals surface area contributed by atoms with Gasteiger partial charge in [0.05, 0.1) is 11.5 Å². The van der Waals surface area contributed by atoms with Crippen LogP contribution >= 0.6 is 11.3 Å². The van der Waals surface area contributed by atoms with Gasteiger partial charge in [0.25, 0.3) is 0 Å². The summed E-state index contributed by atoms with van der Waals surface area (Å²) in [5, 5.41) is 5.17. The van der Waals surface area contributed by atoms with Crippen molar-refractivity contribution in [2.75, 3.05) is 11.5 Å². The van der Waals surface area contributed by atoms with E-state index in [0.29, 0.717) is 18.5 Å². The Balaban J connectivity index is 1.71. The molecule has 2 heterocycles. The van der Waals surface area contributed by atoms with Crippen molar-refractivity contribution < 1.29 is 12.8 Å². The molecule has 1 aromatic heterocycles. The normalized spacial score (nSPS) is 20.7. The van der Waals surface area contributed by atoms with E-state index in [1.165, 1.54) is 17.4 Å². The van der Waals surface area contributed by atoms with E-state index in [2.05, 4.69) is 5.32 Å². The van der Waals surface area contributed by atoms with Crippen LogP contribution in [-0.4, -0.2) is 26.0 Å². The molecule has 0 unspecified atom stereocenters. The first kappa shape index (κ1) is 14.7. The number of nitrogens with one attached hydrogen (secondary N) is 1. The molecule has 1 saturated heterocycles. The molecule has 0 bridgehead atoms. The van der Waals surface area contributed by atoms with Crippen molar-refractivity contribution in [1.29, 1.82) is 0 Å². The van der Waals surface area contributed by atoms with Crippen molar-refractivity contribution in [3.05, 3.63) is 47.1 Å². The third-order valence-electron chi connectivity index (χ3n) is 3.64. The Bertz CT molecular complexity index is 726. The van der Waals surface area contributed by atoms with Gasteiger partial charge in [-0.25, -0.2) is 12.8 Å². The molecule has 3 nitrogen and oxygen atoms in total. The number of benzene rings is 1. The fraction of sp³-hybridized carbons (Fsp3) is 0.333. The fourth-order valence-electron chi connectivity index (χ4n) is 2.52. The lowest BCUT2D eigenvalue weighted by atomic mass is 10.1. The molecule has 0 amide bonds. The lowest BCUT2D eigenvalue weighted by molar-refractivity contribution is 0.553. The summed E-state index contributed by atoms with van der Waals surface area (Å²) in [6.45, 7) is 0.554. The Morgan fingerprint density at radius 2 is 2.19 bits per heavy atom. The topological polar surface area (TPSA) is 46.2 Å². The van der Waals surface area contributed by atoms with E-state index < -0.39 is 9.84 Å². The Kier molecular flexibility index (Phi) is 4.10. The van der Waals surface area contributed by atoms with E-state index in [1.54, 1.807) is 6.07 Å². The molecule has 2 aromatic rings. The monoisotopic (exact) mass is 325 g/mol. The van der Waals surface area contributed by atoms with Crippen LogP contribution in [-0.2, 0) is 16.4 Å². The zero-order chi connectivity index (χ0) is 14.9. The van der Waals surface area contributed by atoms with Crippen LogP contribution in [0.2, 0.25) is 0 Å². The van der Waals surface area contributed by atoms with Crippen molar-refractivity contribution >= 4 is 21.2 Å². The summed E-state index contributed by atoms with van der Waals surface area (Å²) in [5.41, 5.74) is 1.56. The van der Waals surface area contributed by atoms with Gasteiger partial charge >= 0.3 is 0 Å². The highest BCUT2D eigenvalue weighted by molar-refractivity contribution is 7.91. The third kappa shape index (κ3) is 3.51. The first-order valence-corrected chi connectivity index (χ1v) is 9.50. The molecule has 1 aromatic carbocycles. The number of hydrogen-bond donors (Lipinski definition) is 1. The first-order chi connectivity index (χ1) is 10.0. The largest absolute Gasteiger partial charge is 0.309 e. The molecule has 6 heteroatoms. The molecule has 1 N–H and O–H groups in total. The van der Waals surface area contributed by atoms with Crippen molar-refractivity contribution in [1.82, 2.24) is 5.32 Å². The van der Waals surface area contributed by atoms with Crippen molar-refractivity contribution in [2.24, 2.45) is 0 Å². The zero-order valence-electron chi connectivity index (χ0n) is 11.4. The quantitative estimate of drug-likeness (QED) is 0.940. The van der Waals surface area contributed by atoms with Gasteiger partial charge in [-0.1, -0.05) is 12.1 Å².